The zero-order valence-corrected chi connectivity index (χ0v) is 17.8. The lowest BCUT2D eigenvalue weighted by molar-refractivity contribution is -0.136. The van der Waals surface area contributed by atoms with Crippen LogP contribution in [0.5, 0.6) is 5.75 Å². The van der Waals surface area contributed by atoms with Crippen LogP contribution in [0.15, 0.2) is 81.6 Å². The fourth-order valence-corrected chi connectivity index (χ4v) is 4.43. The van der Waals surface area contributed by atoms with E-state index < -0.39 is 12.0 Å². The number of nitriles is 1. The second kappa shape index (κ2) is 8.58. The first-order valence-corrected chi connectivity index (χ1v) is 10.4. The van der Waals surface area contributed by atoms with Gasteiger partial charge in [-0.25, -0.2) is 9.79 Å². The Balaban J connectivity index is 1.66. The zero-order chi connectivity index (χ0) is 22.0. The lowest BCUT2D eigenvalue weighted by atomic mass is 9.94. The van der Waals surface area contributed by atoms with Crippen LogP contribution in [0.25, 0.3) is 0 Å². The van der Waals surface area contributed by atoms with Gasteiger partial charge in [0.2, 0.25) is 0 Å². The van der Waals surface area contributed by atoms with E-state index in [9.17, 15) is 10.1 Å². The maximum Gasteiger partial charge on any atom is 0.338 e. The average molecular weight is 433 g/mol. The smallest absolute Gasteiger partial charge is 0.338 e. The summed E-state index contributed by atoms with van der Waals surface area (Å²) >= 11 is 1.19. The van der Waals surface area contributed by atoms with Crippen molar-refractivity contribution in [2.75, 3.05) is 7.11 Å². The summed E-state index contributed by atoms with van der Waals surface area (Å²) in [6.07, 6.45) is 0. The van der Waals surface area contributed by atoms with Crippen LogP contribution in [0.1, 0.15) is 24.1 Å². The minimum absolute atomic E-state index is 0.273. The molecule has 0 unspecified atom stereocenters. The van der Waals surface area contributed by atoms with Crippen molar-refractivity contribution in [3.8, 4) is 11.8 Å². The van der Waals surface area contributed by atoms with E-state index in [0.29, 0.717) is 33.7 Å². The van der Waals surface area contributed by atoms with Gasteiger partial charge in [-0.15, -0.1) is 0 Å². The Hall–Kier alpha value is -3.70. The van der Waals surface area contributed by atoms with Crippen LogP contribution in [-0.2, 0) is 16.1 Å². The Labute approximate surface area is 184 Å². The van der Waals surface area contributed by atoms with Crippen LogP contribution < -0.4 is 10.5 Å². The number of carbonyl (C=O) groups excluding carboxylic acids is 1. The van der Waals surface area contributed by atoms with E-state index in [1.54, 1.807) is 11.8 Å². The topological polar surface area (TPSA) is 101 Å². The van der Waals surface area contributed by atoms with Crippen molar-refractivity contribution in [1.29, 1.82) is 5.26 Å². The molecule has 0 bridgehead atoms. The number of carbonyl (C=O) groups is 1. The lowest BCUT2D eigenvalue weighted by Crippen LogP contribution is -2.38. The van der Waals surface area contributed by atoms with Crippen LogP contribution in [0.4, 0.5) is 0 Å². The summed E-state index contributed by atoms with van der Waals surface area (Å²) in [6.45, 7) is 2.21. The average Bonchev–Trinajstić information content (AvgIpc) is 3.12. The number of fused-ring (bicyclic) bond motifs is 1. The Morgan fingerprint density at radius 3 is 2.58 bits per heavy atom. The number of nitrogens with zero attached hydrogens (tertiary/aromatic N) is 3. The molecule has 0 saturated carbocycles. The molecule has 0 saturated heterocycles. The summed E-state index contributed by atoms with van der Waals surface area (Å²) in [7, 11) is 1.33. The largest absolute Gasteiger partial charge is 0.489 e. The second-order valence-corrected chi connectivity index (χ2v) is 7.91. The summed E-state index contributed by atoms with van der Waals surface area (Å²) in [6, 6.07) is 18.9. The minimum Gasteiger partial charge on any atom is -0.489 e. The van der Waals surface area contributed by atoms with Gasteiger partial charge in [0.25, 0.3) is 0 Å². The molecule has 2 aromatic carbocycles. The molecule has 2 aliphatic rings. The number of allylic oxidation sites excluding steroid dienone is 2. The van der Waals surface area contributed by atoms with Gasteiger partial charge in [0.15, 0.2) is 5.17 Å². The van der Waals surface area contributed by atoms with Gasteiger partial charge < -0.3 is 15.2 Å². The minimum atomic E-state index is -0.554. The Bertz CT molecular complexity index is 1150. The van der Waals surface area contributed by atoms with Gasteiger partial charge in [0.1, 0.15) is 29.2 Å². The molecule has 8 heteroatoms. The number of benzene rings is 2. The lowest BCUT2D eigenvalue weighted by Gasteiger charge is -2.34. The van der Waals surface area contributed by atoms with Crippen molar-refractivity contribution < 1.29 is 14.3 Å². The third kappa shape index (κ3) is 3.88. The third-order valence-electron chi connectivity index (χ3n) is 5.03. The highest BCUT2D eigenvalue weighted by molar-refractivity contribution is 8.17. The van der Waals surface area contributed by atoms with Crippen molar-refractivity contribution in [3.05, 3.63) is 87.7 Å². The van der Waals surface area contributed by atoms with E-state index in [4.69, 9.17) is 15.2 Å². The molecule has 0 fully saturated rings. The molecule has 0 aliphatic carbocycles. The summed E-state index contributed by atoms with van der Waals surface area (Å²) in [5.74, 6) is 0.488. The molecule has 2 N–H and O–H groups in total. The van der Waals surface area contributed by atoms with Crippen molar-refractivity contribution in [1.82, 2.24) is 4.90 Å². The summed E-state index contributed by atoms with van der Waals surface area (Å²) in [4.78, 5) is 19.2. The number of esters is 1. The number of aliphatic imine (C=N–C) groups is 1. The molecular weight excluding hydrogens is 412 g/mol. The van der Waals surface area contributed by atoms with Gasteiger partial charge >= 0.3 is 5.97 Å². The molecule has 7 nitrogen and oxygen atoms in total. The number of amidine groups is 1. The molecule has 0 aromatic heterocycles. The van der Waals surface area contributed by atoms with Gasteiger partial charge in [0, 0.05) is 0 Å². The predicted molar refractivity (Wildman–Crippen MR) is 118 cm³/mol. The molecule has 4 rings (SSSR count). The Kier molecular flexibility index (Phi) is 5.69. The highest BCUT2D eigenvalue weighted by Gasteiger charge is 2.42. The first kappa shape index (κ1) is 20.6. The summed E-state index contributed by atoms with van der Waals surface area (Å²) in [5.41, 5.74) is 9.04. The monoisotopic (exact) mass is 432 g/mol. The van der Waals surface area contributed by atoms with E-state index in [1.165, 1.54) is 18.9 Å². The first-order valence-electron chi connectivity index (χ1n) is 9.55. The maximum atomic E-state index is 12.6. The molecule has 0 radical (unpaired) electrons. The van der Waals surface area contributed by atoms with E-state index in [2.05, 4.69) is 11.1 Å². The van der Waals surface area contributed by atoms with E-state index in [1.807, 2.05) is 54.6 Å². The zero-order valence-electron chi connectivity index (χ0n) is 17.0. The van der Waals surface area contributed by atoms with Crippen molar-refractivity contribution in [2.24, 2.45) is 10.7 Å². The highest BCUT2D eigenvalue weighted by Crippen LogP contribution is 2.45. The number of thioether (sulfide) groups is 1. The van der Waals surface area contributed by atoms with Crippen LogP contribution in [0, 0.1) is 11.3 Å². The fraction of sp³-hybridized carbons (Fsp3) is 0.174. The molecule has 0 amide bonds. The van der Waals surface area contributed by atoms with Crippen molar-refractivity contribution >= 4 is 22.9 Å². The van der Waals surface area contributed by atoms with Gasteiger partial charge in [-0.05, 0) is 41.9 Å². The number of nitrogens with two attached hydrogens (primary N) is 1. The van der Waals surface area contributed by atoms with Gasteiger partial charge in [0.05, 0.1) is 24.4 Å². The third-order valence-corrected chi connectivity index (χ3v) is 6.00. The summed E-state index contributed by atoms with van der Waals surface area (Å²) in [5, 5.41) is 9.97. The predicted octanol–water partition coefficient (Wildman–Crippen LogP) is 3.82. The van der Waals surface area contributed by atoms with Crippen molar-refractivity contribution in [3.63, 3.8) is 0 Å². The number of ether oxygens (including phenoxy) is 2. The maximum absolute atomic E-state index is 12.6. The van der Waals surface area contributed by atoms with Gasteiger partial charge in [-0.3, -0.25) is 4.90 Å². The molecule has 2 aromatic rings. The number of rotatable bonds is 5. The molecular formula is C23H20N4O3S. The van der Waals surface area contributed by atoms with Crippen LogP contribution in [0.3, 0.4) is 0 Å². The van der Waals surface area contributed by atoms with Gasteiger partial charge in [-0.2, -0.15) is 5.26 Å². The number of hydrogen-bond donors (Lipinski definition) is 1. The fourth-order valence-electron chi connectivity index (χ4n) is 3.51. The molecule has 2 heterocycles. The molecule has 156 valence electrons. The standard InChI is InChI=1S/C23H20N4O3S/c1-14-19(22(28)29-2)20(27-21(25)18(12-24)31-23(27)26-14)16-8-10-17(11-9-16)30-13-15-6-4-3-5-7-15/h3-11,20H,13,25H2,1-2H3/t20-/m0/s1. The molecule has 1 atom stereocenters. The second-order valence-electron chi connectivity index (χ2n) is 6.93. The highest BCUT2D eigenvalue weighted by atomic mass is 32.2. The molecule has 2 aliphatic heterocycles. The Morgan fingerprint density at radius 2 is 1.94 bits per heavy atom. The van der Waals surface area contributed by atoms with Crippen LogP contribution in [0.2, 0.25) is 0 Å². The van der Waals surface area contributed by atoms with Crippen LogP contribution >= 0.6 is 11.8 Å². The van der Waals surface area contributed by atoms with Crippen molar-refractivity contribution in [2.45, 2.75) is 19.6 Å². The summed E-state index contributed by atoms with van der Waals surface area (Å²) < 4.78 is 10.9. The van der Waals surface area contributed by atoms with E-state index >= 15 is 0 Å². The molecule has 31 heavy (non-hydrogen) atoms. The number of methoxy groups -OCH3 is 1. The van der Waals surface area contributed by atoms with E-state index in [-0.39, 0.29) is 5.82 Å². The van der Waals surface area contributed by atoms with Crippen LogP contribution in [-0.4, -0.2) is 23.1 Å². The quantitative estimate of drug-likeness (QED) is 0.717. The SMILES string of the molecule is COC(=O)C1=C(C)N=C2SC(C#N)=C(N)N2[C@H]1c1ccc(OCc2ccccc2)cc1. The normalized spacial score (nSPS) is 17.8. The van der Waals surface area contributed by atoms with E-state index in [0.717, 1.165) is 11.1 Å². The first-order chi connectivity index (χ1) is 15.0. The number of hydrogen-bond acceptors (Lipinski definition) is 8. The Morgan fingerprint density at radius 1 is 1.23 bits per heavy atom. The van der Waals surface area contributed by atoms with Gasteiger partial charge in [-0.1, -0.05) is 42.5 Å². The molecule has 0 spiro atoms.